The number of fused-ring (bicyclic) bond motifs is 1. The number of carbonyl (C=O) groups excluding carboxylic acids is 1. The molecule has 1 fully saturated rings. The largest absolute Gasteiger partial charge is 0.349 e. The molecule has 2 heterocycles. The van der Waals surface area contributed by atoms with Crippen LogP contribution < -0.4 is 15.8 Å². The summed E-state index contributed by atoms with van der Waals surface area (Å²) in [6, 6.07) is 15.1. The molecule has 1 aliphatic heterocycles. The van der Waals surface area contributed by atoms with Gasteiger partial charge in [-0.3, -0.25) is 14.6 Å². The van der Waals surface area contributed by atoms with Gasteiger partial charge in [0, 0.05) is 18.7 Å². The van der Waals surface area contributed by atoms with Crippen molar-refractivity contribution in [1.29, 1.82) is 0 Å². The Hall–Kier alpha value is -3.15. The maximum atomic E-state index is 12.2. The van der Waals surface area contributed by atoms with Crippen molar-refractivity contribution in [1.82, 2.24) is 9.97 Å². The fourth-order valence-electron chi connectivity index (χ4n) is 3.31. The van der Waals surface area contributed by atoms with Gasteiger partial charge in [-0.1, -0.05) is 24.3 Å². The van der Waals surface area contributed by atoms with Gasteiger partial charge in [0.25, 0.3) is 5.56 Å². The molecule has 6 heteroatoms. The monoisotopic (exact) mass is 348 g/mol. The molecule has 4 rings (SSSR count). The van der Waals surface area contributed by atoms with E-state index in [4.69, 9.17) is 0 Å². The molecule has 0 bridgehead atoms. The van der Waals surface area contributed by atoms with Crippen LogP contribution in [0.5, 0.6) is 0 Å². The summed E-state index contributed by atoms with van der Waals surface area (Å²) in [5.74, 6) is 0.627. The van der Waals surface area contributed by atoms with E-state index in [0.29, 0.717) is 23.3 Å². The molecule has 0 aliphatic carbocycles. The molecule has 2 N–H and O–H groups in total. The van der Waals surface area contributed by atoms with Crippen LogP contribution in [0, 0.1) is 0 Å². The smallest absolute Gasteiger partial charge is 0.260 e. The lowest BCUT2D eigenvalue weighted by atomic mass is 10.1. The molecule has 0 radical (unpaired) electrons. The second kappa shape index (κ2) is 6.63. The van der Waals surface area contributed by atoms with E-state index in [-0.39, 0.29) is 17.5 Å². The molecule has 3 aromatic rings. The van der Waals surface area contributed by atoms with Gasteiger partial charge in [0.05, 0.1) is 16.9 Å². The fraction of sp³-hybridized carbons (Fsp3) is 0.250. The standard InChI is InChI=1S/C20H20N4O2/c1-13(14-8-10-15(11-9-14)24-12-4-7-18(24)25)21-20-22-17-6-3-2-5-16(17)19(26)23-20/h2-3,5-6,8-11,13H,4,7,12H2,1H3,(H2,21,22,23,26). The number of benzene rings is 2. The lowest BCUT2D eigenvalue weighted by molar-refractivity contribution is -0.117. The van der Waals surface area contributed by atoms with Gasteiger partial charge < -0.3 is 10.2 Å². The Morgan fingerprint density at radius 3 is 2.62 bits per heavy atom. The van der Waals surface area contributed by atoms with Gasteiger partial charge in [0.1, 0.15) is 0 Å². The zero-order valence-corrected chi connectivity index (χ0v) is 14.5. The Kier molecular flexibility index (Phi) is 4.16. The van der Waals surface area contributed by atoms with Gasteiger partial charge in [-0.05, 0) is 43.2 Å². The molecular weight excluding hydrogens is 328 g/mol. The fourth-order valence-corrected chi connectivity index (χ4v) is 3.31. The van der Waals surface area contributed by atoms with E-state index >= 15 is 0 Å². The van der Waals surface area contributed by atoms with Crippen molar-refractivity contribution in [3.63, 3.8) is 0 Å². The van der Waals surface area contributed by atoms with Crippen LogP contribution in [0.3, 0.4) is 0 Å². The molecular formula is C20H20N4O2. The first-order valence-electron chi connectivity index (χ1n) is 8.78. The lowest BCUT2D eigenvalue weighted by Gasteiger charge is -2.18. The highest BCUT2D eigenvalue weighted by atomic mass is 16.2. The van der Waals surface area contributed by atoms with Crippen molar-refractivity contribution in [2.45, 2.75) is 25.8 Å². The molecule has 1 saturated heterocycles. The second-order valence-electron chi connectivity index (χ2n) is 6.54. The number of nitrogens with zero attached hydrogens (tertiary/aromatic N) is 2. The first-order chi connectivity index (χ1) is 12.6. The summed E-state index contributed by atoms with van der Waals surface area (Å²) in [6.45, 7) is 2.79. The highest BCUT2D eigenvalue weighted by molar-refractivity contribution is 5.95. The number of H-pyrrole nitrogens is 1. The summed E-state index contributed by atoms with van der Waals surface area (Å²) < 4.78 is 0. The van der Waals surface area contributed by atoms with Crippen LogP contribution in [0.15, 0.2) is 53.3 Å². The molecule has 0 saturated carbocycles. The summed E-state index contributed by atoms with van der Waals surface area (Å²) in [5.41, 5.74) is 2.49. The molecule has 1 unspecified atom stereocenters. The van der Waals surface area contributed by atoms with Gasteiger partial charge in [-0.25, -0.2) is 4.98 Å². The summed E-state index contributed by atoms with van der Waals surface area (Å²) >= 11 is 0. The third-order valence-electron chi connectivity index (χ3n) is 4.74. The first kappa shape index (κ1) is 16.3. The van der Waals surface area contributed by atoms with E-state index < -0.39 is 0 Å². The average Bonchev–Trinajstić information content (AvgIpc) is 3.08. The number of nitrogens with one attached hydrogen (secondary N) is 2. The van der Waals surface area contributed by atoms with E-state index in [0.717, 1.165) is 24.2 Å². The third kappa shape index (κ3) is 3.06. The van der Waals surface area contributed by atoms with E-state index in [2.05, 4.69) is 15.3 Å². The Labute approximate surface area is 150 Å². The van der Waals surface area contributed by atoms with Crippen molar-refractivity contribution in [3.8, 4) is 0 Å². The zero-order valence-electron chi connectivity index (χ0n) is 14.5. The Morgan fingerprint density at radius 1 is 1.12 bits per heavy atom. The van der Waals surface area contributed by atoms with Crippen LogP contribution in [0.4, 0.5) is 11.6 Å². The van der Waals surface area contributed by atoms with Crippen molar-refractivity contribution in [3.05, 3.63) is 64.4 Å². The summed E-state index contributed by atoms with van der Waals surface area (Å²) in [5, 5.41) is 3.82. The minimum atomic E-state index is -0.159. The number of hydrogen-bond acceptors (Lipinski definition) is 4. The number of hydrogen-bond donors (Lipinski definition) is 2. The number of aromatic amines is 1. The minimum Gasteiger partial charge on any atom is -0.349 e. The molecule has 1 aromatic heterocycles. The molecule has 2 aromatic carbocycles. The topological polar surface area (TPSA) is 78.1 Å². The predicted molar refractivity (Wildman–Crippen MR) is 102 cm³/mol. The molecule has 0 spiro atoms. The molecule has 1 atom stereocenters. The molecule has 6 nitrogen and oxygen atoms in total. The number of amides is 1. The normalized spacial score (nSPS) is 15.4. The van der Waals surface area contributed by atoms with E-state index in [9.17, 15) is 9.59 Å². The Bertz CT molecular complexity index is 1010. The second-order valence-corrected chi connectivity index (χ2v) is 6.54. The van der Waals surface area contributed by atoms with Gasteiger partial charge >= 0.3 is 0 Å². The van der Waals surface area contributed by atoms with Gasteiger partial charge in [0.2, 0.25) is 11.9 Å². The van der Waals surface area contributed by atoms with Crippen LogP contribution >= 0.6 is 0 Å². The van der Waals surface area contributed by atoms with Crippen LogP contribution in [0.1, 0.15) is 31.4 Å². The van der Waals surface area contributed by atoms with Crippen LogP contribution in [0.2, 0.25) is 0 Å². The highest BCUT2D eigenvalue weighted by Gasteiger charge is 2.21. The maximum absolute atomic E-state index is 12.2. The SMILES string of the molecule is CC(Nc1nc2ccccc2c(=O)[nH]1)c1ccc(N2CCCC2=O)cc1. The van der Waals surface area contributed by atoms with E-state index in [1.54, 1.807) is 6.07 Å². The minimum absolute atomic E-state index is 0.0392. The van der Waals surface area contributed by atoms with Gasteiger partial charge in [-0.15, -0.1) is 0 Å². The van der Waals surface area contributed by atoms with E-state index in [1.807, 2.05) is 54.3 Å². The lowest BCUT2D eigenvalue weighted by Crippen LogP contribution is -2.23. The molecule has 132 valence electrons. The number of carbonyl (C=O) groups is 1. The van der Waals surface area contributed by atoms with Crippen molar-refractivity contribution in [2.24, 2.45) is 0 Å². The number of para-hydroxylation sites is 1. The number of aromatic nitrogens is 2. The quantitative estimate of drug-likeness (QED) is 0.759. The van der Waals surface area contributed by atoms with Crippen LogP contribution in [-0.2, 0) is 4.79 Å². The maximum Gasteiger partial charge on any atom is 0.260 e. The first-order valence-corrected chi connectivity index (χ1v) is 8.78. The predicted octanol–water partition coefficient (Wildman–Crippen LogP) is 3.22. The summed E-state index contributed by atoms with van der Waals surface area (Å²) in [4.78, 5) is 33.1. The van der Waals surface area contributed by atoms with Crippen LogP contribution in [0.25, 0.3) is 10.9 Å². The Balaban J connectivity index is 1.54. The third-order valence-corrected chi connectivity index (χ3v) is 4.74. The van der Waals surface area contributed by atoms with Crippen molar-refractivity contribution in [2.75, 3.05) is 16.8 Å². The number of rotatable bonds is 4. The van der Waals surface area contributed by atoms with E-state index in [1.165, 1.54) is 0 Å². The Morgan fingerprint density at radius 2 is 1.88 bits per heavy atom. The van der Waals surface area contributed by atoms with Crippen LogP contribution in [-0.4, -0.2) is 22.4 Å². The average molecular weight is 348 g/mol. The summed E-state index contributed by atoms with van der Waals surface area (Å²) in [6.07, 6.45) is 1.54. The molecule has 1 amide bonds. The van der Waals surface area contributed by atoms with Crippen molar-refractivity contribution >= 4 is 28.4 Å². The van der Waals surface area contributed by atoms with Crippen molar-refractivity contribution < 1.29 is 4.79 Å². The van der Waals surface area contributed by atoms with Gasteiger partial charge in [0.15, 0.2) is 0 Å². The highest BCUT2D eigenvalue weighted by Crippen LogP contribution is 2.24. The number of anilines is 2. The molecule has 26 heavy (non-hydrogen) atoms. The molecule has 1 aliphatic rings. The zero-order chi connectivity index (χ0) is 18.1. The summed E-state index contributed by atoms with van der Waals surface area (Å²) in [7, 11) is 0. The van der Waals surface area contributed by atoms with Gasteiger partial charge in [-0.2, -0.15) is 0 Å².